The molecule has 1 aliphatic carbocycles. The first-order valence-electron chi connectivity index (χ1n) is 10.3. The SMILES string of the molecule is C[N+]1(C)[C@@H]2CC[C@H]1C[C@@H](/C=C(\c1ccccc1)c1[nH]ccc3cccc1-3)C2.[Br-]. The normalized spacial score (nSPS) is 26.2. The van der Waals surface area contributed by atoms with Crippen molar-refractivity contribution in [3.05, 3.63) is 78.1 Å². The number of aromatic amines is 1. The summed E-state index contributed by atoms with van der Waals surface area (Å²) in [7, 11) is 4.89. The number of quaternary nitrogens is 1. The van der Waals surface area contributed by atoms with Crippen LogP contribution in [0.2, 0.25) is 0 Å². The topological polar surface area (TPSA) is 15.8 Å². The Kier molecular flexibility index (Phi) is 5.24. The number of aromatic nitrogens is 1. The van der Waals surface area contributed by atoms with Crippen molar-refractivity contribution in [3.63, 3.8) is 0 Å². The minimum absolute atomic E-state index is 0. The molecule has 0 spiro atoms. The molecule has 0 aromatic heterocycles. The van der Waals surface area contributed by atoms with Crippen LogP contribution in [0.25, 0.3) is 16.7 Å². The monoisotopic (exact) mass is 436 g/mol. The van der Waals surface area contributed by atoms with E-state index in [0.717, 1.165) is 12.1 Å². The van der Waals surface area contributed by atoms with Gasteiger partial charge in [0.1, 0.15) is 0 Å². The molecule has 5 rings (SSSR count). The predicted molar refractivity (Wildman–Crippen MR) is 113 cm³/mol. The number of nitrogens with zero attached hydrogens (tertiary/aromatic N) is 1. The fourth-order valence-corrected chi connectivity index (χ4v) is 5.56. The third kappa shape index (κ3) is 3.25. The van der Waals surface area contributed by atoms with Gasteiger partial charge in [-0.2, -0.15) is 0 Å². The summed E-state index contributed by atoms with van der Waals surface area (Å²) >= 11 is 0. The molecule has 2 bridgehead atoms. The zero-order chi connectivity index (χ0) is 18.4. The molecule has 2 fully saturated rings. The van der Waals surface area contributed by atoms with E-state index in [1.54, 1.807) is 0 Å². The summed E-state index contributed by atoms with van der Waals surface area (Å²) in [6.07, 6.45) is 10.1. The lowest BCUT2D eigenvalue weighted by Crippen LogP contribution is -3.00. The molecule has 3 heterocycles. The molecule has 1 N–H and O–H groups in total. The largest absolute Gasteiger partial charge is 1.00 e. The van der Waals surface area contributed by atoms with Crippen molar-refractivity contribution in [2.24, 2.45) is 5.92 Å². The van der Waals surface area contributed by atoms with Gasteiger partial charge in [-0.3, -0.25) is 0 Å². The Morgan fingerprint density at radius 1 is 0.929 bits per heavy atom. The van der Waals surface area contributed by atoms with Crippen LogP contribution in [0.4, 0.5) is 0 Å². The maximum Gasteiger partial charge on any atom is 0.0896 e. The van der Waals surface area contributed by atoms with Crippen LogP contribution >= 0.6 is 0 Å². The molecule has 2 saturated heterocycles. The van der Waals surface area contributed by atoms with Crippen molar-refractivity contribution >= 4 is 5.57 Å². The Bertz CT molecular complexity index is 924. The summed E-state index contributed by atoms with van der Waals surface area (Å²) in [4.78, 5) is 3.57. The summed E-state index contributed by atoms with van der Waals surface area (Å²) in [6, 6.07) is 21.3. The first-order chi connectivity index (χ1) is 13.1. The number of halogens is 1. The van der Waals surface area contributed by atoms with Crippen LogP contribution in [-0.4, -0.2) is 35.6 Å². The number of allylic oxidation sites excluding steroid dienone is 1. The van der Waals surface area contributed by atoms with Crippen molar-refractivity contribution in [1.82, 2.24) is 4.98 Å². The van der Waals surface area contributed by atoms with Crippen LogP contribution in [-0.2, 0) is 0 Å². The predicted octanol–water partition coefficient (Wildman–Crippen LogP) is 2.57. The van der Waals surface area contributed by atoms with Crippen LogP contribution in [0, 0.1) is 5.92 Å². The van der Waals surface area contributed by atoms with E-state index in [1.807, 2.05) is 0 Å². The van der Waals surface area contributed by atoms with Gasteiger partial charge in [-0.25, -0.2) is 0 Å². The highest BCUT2D eigenvalue weighted by Gasteiger charge is 2.48. The summed E-state index contributed by atoms with van der Waals surface area (Å²) in [5, 5.41) is 0. The minimum Gasteiger partial charge on any atom is -1.00 e. The molecule has 4 aliphatic rings. The third-order valence-electron chi connectivity index (χ3n) is 7.23. The van der Waals surface area contributed by atoms with Crippen molar-refractivity contribution in [2.75, 3.05) is 14.1 Å². The molecule has 3 heteroatoms. The number of hydrogen-bond acceptors (Lipinski definition) is 0. The zero-order valence-corrected chi connectivity index (χ0v) is 18.3. The molecular formula is C25H29BrN2. The van der Waals surface area contributed by atoms with Crippen molar-refractivity contribution in [1.29, 1.82) is 0 Å². The van der Waals surface area contributed by atoms with Crippen LogP contribution < -0.4 is 17.0 Å². The van der Waals surface area contributed by atoms with Gasteiger partial charge in [0.25, 0.3) is 0 Å². The maximum atomic E-state index is 3.57. The Labute approximate surface area is 179 Å². The first-order valence-corrected chi connectivity index (χ1v) is 10.3. The summed E-state index contributed by atoms with van der Waals surface area (Å²) in [5.74, 6) is 0.669. The van der Waals surface area contributed by atoms with Gasteiger partial charge >= 0.3 is 0 Å². The molecule has 146 valence electrons. The summed E-state index contributed by atoms with van der Waals surface area (Å²) in [6.45, 7) is 0. The highest BCUT2D eigenvalue weighted by atomic mass is 79.9. The number of nitrogens with one attached hydrogen (secondary N) is 1. The fourth-order valence-electron chi connectivity index (χ4n) is 5.56. The quantitative estimate of drug-likeness (QED) is 0.607. The number of piperidine rings is 1. The second-order valence-electron chi connectivity index (χ2n) is 8.94. The Morgan fingerprint density at radius 3 is 2.36 bits per heavy atom. The second-order valence-corrected chi connectivity index (χ2v) is 8.94. The molecule has 2 nitrogen and oxygen atoms in total. The van der Waals surface area contributed by atoms with E-state index in [9.17, 15) is 0 Å². The number of H-pyrrole nitrogens is 1. The van der Waals surface area contributed by atoms with E-state index < -0.39 is 0 Å². The van der Waals surface area contributed by atoms with Gasteiger partial charge in [0.05, 0.1) is 31.9 Å². The number of pyridine rings is 1. The molecule has 1 aromatic carbocycles. The van der Waals surface area contributed by atoms with E-state index in [0.29, 0.717) is 5.92 Å². The van der Waals surface area contributed by atoms with Crippen LogP contribution in [0.5, 0.6) is 0 Å². The second kappa shape index (κ2) is 7.53. The number of benzene rings is 1. The fraction of sp³-hybridized carbons (Fsp3) is 0.360. The molecule has 1 aromatic rings. The van der Waals surface area contributed by atoms with Gasteiger partial charge in [0.2, 0.25) is 0 Å². The van der Waals surface area contributed by atoms with E-state index >= 15 is 0 Å². The third-order valence-corrected chi connectivity index (χ3v) is 7.23. The van der Waals surface area contributed by atoms with E-state index in [4.69, 9.17) is 0 Å². The average Bonchev–Trinajstić information content (AvgIpc) is 3.18. The van der Waals surface area contributed by atoms with Gasteiger partial charge in [0, 0.05) is 43.0 Å². The van der Waals surface area contributed by atoms with Gasteiger partial charge in [-0.05, 0) is 23.1 Å². The van der Waals surface area contributed by atoms with Crippen LogP contribution in [0.1, 0.15) is 36.9 Å². The van der Waals surface area contributed by atoms with Gasteiger partial charge in [-0.1, -0.05) is 54.6 Å². The number of rotatable bonds is 3. The van der Waals surface area contributed by atoms with Crippen LogP contribution in [0.15, 0.2) is 66.9 Å². The van der Waals surface area contributed by atoms with Crippen molar-refractivity contribution < 1.29 is 21.5 Å². The lowest BCUT2D eigenvalue weighted by molar-refractivity contribution is -0.931. The number of fused-ring (bicyclic) bond motifs is 3. The molecule has 3 aliphatic heterocycles. The minimum atomic E-state index is 0. The summed E-state index contributed by atoms with van der Waals surface area (Å²) in [5.41, 5.74) is 6.57. The van der Waals surface area contributed by atoms with E-state index in [-0.39, 0.29) is 17.0 Å². The Balaban J connectivity index is 0.00000192. The number of hydrogen-bond donors (Lipinski definition) is 1. The molecular weight excluding hydrogens is 408 g/mol. The summed E-state index contributed by atoms with van der Waals surface area (Å²) < 4.78 is 1.23. The standard InChI is InChI=1S/C25H29N2.BrH/c1-27(2)21-11-12-22(27)16-18(15-21)17-24(19-7-4-3-5-8-19)25-23-10-6-9-20(23)13-14-26-25;/h3-10,13-14,17-18,21-22,26H,11-12,15-16H2,1-2H3;1H/q+1;/p-1/b24-17+;/t18-,21+,22-;. The molecule has 0 radical (unpaired) electrons. The molecule has 0 unspecified atom stereocenters. The first kappa shape index (κ1) is 19.5. The average molecular weight is 437 g/mol. The van der Waals surface area contributed by atoms with Gasteiger partial charge < -0.3 is 26.4 Å². The maximum absolute atomic E-state index is 3.57. The van der Waals surface area contributed by atoms with Crippen molar-refractivity contribution in [2.45, 2.75) is 37.8 Å². The van der Waals surface area contributed by atoms with Gasteiger partial charge in [0.15, 0.2) is 0 Å². The lowest BCUT2D eigenvalue weighted by atomic mass is 9.85. The molecule has 3 atom stereocenters. The van der Waals surface area contributed by atoms with E-state index in [2.05, 4.69) is 85.9 Å². The van der Waals surface area contributed by atoms with Gasteiger partial charge in [-0.15, -0.1) is 0 Å². The molecule has 0 amide bonds. The highest BCUT2D eigenvalue weighted by molar-refractivity contribution is 5.87. The van der Waals surface area contributed by atoms with E-state index in [1.165, 1.54) is 58.1 Å². The van der Waals surface area contributed by atoms with Crippen LogP contribution in [0.3, 0.4) is 0 Å². The molecule has 28 heavy (non-hydrogen) atoms. The highest BCUT2D eigenvalue weighted by Crippen LogP contribution is 2.44. The van der Waals surface area contributed by atoms with Crippen molar-refractivity contribution in [3.8, 4) is 11.1 Å². The Morgan fingerprint density at radius 2 is 1.64 bits per heavy atom. The molecule has 0 saturated carbocycles. The zero-order valence-electron chi connectivity index (χ0n) is 16.7. The smallest absolute Gasteiger partial charge is 0.0896 e. The lowest BCUT2D eigenvalue weighted by Gasteiger charge is -2.44. The Hall–Kier alpha value is -1.84.